The molecule has 0 aliphatic carbocycles. The quantitative estimate of drug-likeness (QED) is 0.411. The van der Waals surface area contributed by atoms with Gasteiger partial charge in [-0.1, -0.05) is 30.3 Å². The summed E-state index contributed by atoms with van der Waals surface area (Å²) in [5.74, 6) is -0.173. The van der Waals surface area contributed by atoms with E-state index in [-0.39, 0.29) is 23.8 Å². The molecule has 0 bridgehead atoms. The molecule has 0 aromatic heterocycles. The van der Waals surface area contributed by atoms with Crippen molar-refractivity contribution >= 4 is 34.2 Å². The molecule has 1 aliphatic heterocycles. The second kappa shape index (κ2) is 11.5. The van der Waals surface area contributed by atoms with Crippen molar-refractivity contribution in [3.8, 4) is 5.75 Å². The molecule has 182 valence electrons. The molecule has 3 N–H and O–H groups in total. The van der Waals surface area contributed by atoms with Gasteiger partial charge in [0.1, 0.15) is 11.9 Å². The van der Waals surface area contributed by atoms with E-state index < -0.39 is 0 Å². The smallest absolute Gasteiger partial charge is 0.260 e. The van der Waals surface area contributed by atoms with E-state index in [4.69, 9.17) is 9.47 Å². The molecule has 8 nitrogen and oxygen atoms in total. The van der Waals surface area contributed by atoms with Crippen LogP contribution in [0.4, 0.5) is 5.69 Å². The van der Waals surface area contributed by atoms with E-state index in [9.17, 15) is 14.4 Å². The van der Waals surface area contributed by atoms with Crippen LogP contribution in [0.3, 0.4) is 0 Å². The first-order valence-corrected chi connectivity index (χ1v) is 11.8. The lowest BCUT2D eigenvalue weighted by molar-refractivity contribution is -0.129. The van der Waals surface area contributed by atoms with E-state index >= 15 is 0 Å². The Morgan fingerprint density at radius 2 is 1.71 bits per heavy atom. The van der Waals surface area contributed by atoms with Crippen molar-refractivity contribution in [2.45, 2.75) is 25.9 Å². The van der Waals surface area contributed by atoms with Gasteiger partial charge in [0.05, 0.1) is 12.2 Å². The zero-order valence-corrected chi connectivity index (χ0v) is 19.6. The summed E-state index contributed by atoms with van der Waals surface area (Å²) in [7, 11) is 0. The Morgan fingerprint density at radius 3 is 2.46 bits per heavy atom. The Bertz CT molecular complexity index is 1200. The van der Waals surface area contributed by atoms with Gasteiger partial charge in [-0.05, 0) is 60.9 Å². The number of carbonyl (C=O) groups is 3. The first kappa shape index (κ1) is 24.2. The third-order valence-electron chi connectivity index (χ3n) is 5.75. The number of hydrogen-bond acceptors (Lipinski definition) is 5. The number of hydrogen-bond donors (Lipinski definition) is 3. The number of benzene rings is 3. The maximum atomic E-state index is 13.2. The fraction of sp³-hybridized carbons (Fsp3) is 0.296. The molecule has 3 aromatic carbocycles. The van der Waals surface area contributed by atoms with Crippen molar-refractivity contribution in [1.29, 1.82) is 0 Å². The number of rotatable bonds is 9. The number of nitrogens with one attached hydrogen (secondary N) is 3. The van der Waals surface area contributed by atoms with E-state index in [1.807, 2.05) is 37.3 Å². The second-order valence-electron chi connectivity index (χ2n) is 8.17. The Kier molecular flexibility index (Phi) is 7.95. The van der Waals surface area contributed by atoms with Crippen molar-refractivity contribution in [3.05, 3.63) is 71.8 Å². The van der Waals surface area contributed by atoms with E-state index in [1.165, 1.54) is 0 Å². The Balaban J connectivity index is 1.34. The predicted molar refractivity (Wildman–Crippen MR) is 134 cm³/mol. The van der Waals surface area contributed by atoms with Crippen LogP contribution in [0, 0.1) is 0 Å². The number of fused-ring (bicyclic) bond motifs is 1. The van der Waals surface area contributed by atoms with Crippen LogP contribution in [0.5, 0.6) is 5.75 Å². The summed E-state index contributed by atoms with van der Waals surface area (Å²) in [6.45, 7) is 3.56. The summed E-state index contributed by atoms with van der Waals surface area (Å²) in [5, 5.41) is 10.2. The van der Waals surface area contributed by atoms with Gasteiger partial charge < -0.3 is 25.4 Å². The Hall–Kier alpha value is -3.91. The van der Waals surface area contributed by atoms with Crippen LogP contribution in [0.25, 0.3) is 10.8 Å². The highest BCUT2D eigenvalue weighted by Crippen LogP contribution is 2.29. The summed E-state index contributed by atoms with van der Waals surface area (Å²) in [5.41, 5.74) is 1.48. The molecule has 1 atom stereocenters. The Morgan fingerprint density at radius 1 is 0.943 bits per heavy atom. The maximum Gasteiger partial charge on any atom is 0.260 e. The van der Waals surface area contributed by atoms with Crippen molar-refractivity contribution in [3.63, 3.8) is 0 Å². The van der Waals surface area contributed by atoms with E-state index in [0.29, 0.717) is 48.9 Å². The average Bonchev–Trinajstić information content (AvgIpc) is 3.42. The summed E-state index contributed by atoms with van der Waals surface area (Å²) in [6.07, 6.45) is 1.24. The summed E-state index contributed by atoms with van der Waals surface area (Å²) >= 11 is 0. The lowest BCUT2D eigenvalue weighted by Gasteiger charge is -2.14. The molecule has 3 aromatic rings. The predicted octanol–water partition coefficient (Wildman–Crippen LogP) is 3.52. The van der Waals surface area contributed by atoms with Crippen LogP contribution in [0.2, 0.25) is 0 Å². The maximum absolute atomic E-state index is 13.2. The fourth-order valence-corrected chi connectivity index (χ4v) is 4.02. The van der Waals surface area contributed by atoms with Gasteiger partial charge in [-0.2, -0.15) is 0 Å². The highest BCUT2D eigenvalue weighted by Gasteiger charge is 2.23. The zero-order valence-electron chi connectivity index (χ0n) is 19.6. The van der Waals surface area contributed by atoms with Crippen LogP contribution >= 0.6 is 0 Å². The van der Waals surface area contributed by atoms with Crippen LogP contribution in [-0.4, -0.2) is 50.1 Å². The van der Waals surface area contributed by atoms with Gasteiger partial charge in [0.15, 0.2) is 0 Å². The van der Waals surface area contributed by atoms with Gasteiger partial charge in [-0.25, -0.2) is 0 Å². The fourth-order valence-electron chi connectivity index (χ4n) is 4.02. The second-order valence-corrected chi connectivity index (χ2v) is 8.17. The van der Waals surface area contributed by atoms with Crippen LogP contribution < -0.4 is 20.7 Å². The molecule has 4 rings (SSSR count). The molecule has 1 aliphatic rings. The highest BCUT2D eigenvalue weighted by atomic mass is 16.5. The van der Waals surface area contributed by atoms with E-state index in [1.54, 1.807) is 30.3 Å². The first-order valence-electron chi connectivity index (χ1n) is 11.8. The monoisotopic (exact) mass is 475 g/mol. The van der Waals surface area contributed by atoms with E-state index in [2.05, 4.69) is 16.0 Å². The molecule has 0 spiro atoms. The van der Waals surface area contributed by atoms with Crippen molar-refractivity contribution in [2.75, 3.05) is 31.6 Å². The number of ether oxygens (including phenoxy) is 2. The van der Waals surface area contributed by atoms with Gasteiger partial charge >= 0.3 is 0 Å². The largest absolute Gasteiger partial charge is 0.493 e. The molecule has 1 unspecified atom stereocenters. The van der Waals surface area contributed by atoms with Gasteiger partial charge in [0.2, 0.25) is 5.91 Å². The number of carbonyl (C=O) groups excluding carboxylic acids is 3. The number of amides is 3. The molecule has 1 saturated heterocycles. The van der Waals surface area contributed by atoms with Gasteiger partial charge in [-0.3, -0.25) is 14.4 Å². The van der Waals surface area contributed by atoms with Gasteiger partial charge in [0, 0.05) is 30.9 Å². The lowest BCUT2D eigenvalue weighted by atomic mass is 10.0. The Labute approximate surface area is 204 Å². The molecular weight excluding hydrogens is 446 g/mol. The normalized spacial score (nSPS) is 14.9. The molecule has 1 heterocycles. The van der Waals surface area contributed by atoms with Crippen molar-refractivity contribution in [1.82, 2.24) is 10.6 Å². The zero-order chi connectivity index (χ0) is 24.6. The average molecular weight is 476 g/mol. The van der Waals surface area contributed by atoms with Gasteiger partial charge in [0.25, 0.3) is 11.8 Å². The van der Waals surface area contributed by atoms with Crippen LogP contribution in [0.15, 0.2) is 60.7 Å². The van der Waals surface area contributed by atoms with Gasteiger partial charge in [-0.15, -0.1) is 0 Å². The topological polar surface area (TPSA) is 106 Å². The van der Waals surface area contributed by atoms with Crippen molar-refractivity contribution < 1.29 is 23.9 Å². The van der Waals surface area contributed by atoms with Crippen LogP contribution in [-0.2, 0) is 9.53 Å². The molecule has 35 heavy (non-hydrogen) atoms. The summed E-state index contributed by atoms with van der Waals surface area (Å²) in [6, 6.07) is 18.0. The van der Waals surface area contributed by atoms with E-state index in [0.717, 1.165) is 23.6 Å². The number of anilines is 1. The van der Waals surface area contributed by atoms with Crippen LogP contribution in [0.1, 0.15) is 40.5 Å². The minimum Gasteiger partial charge on any atom is -0.493 e. The minimum atomic E-state index is -0.382. The summed E-state index contributed by atoms with van der Waals surface area (Å²) < 4.78 is 11.0. The summed E-state index contributed by atoms with van der Waals surface area (Å²) in [4.78, 5) is 37.5. The lowest BCUT2D eigenvalue weighted by Crippen LogP contribution is -2.39. The molecule has 1 fully saturated rings. The molecule has 3 amide bonds. The molecule has 8 heteroatoms. The third-order valence-corrected chi connectivity index (χ3v) is 5.75. The molecular formula is C27H29N3O5. The highest BCUT2D eigenvalue weighted by molar-refractivity contribution is 6.15. The molecule has 0 saturated carbocycles. The standard InChI is InChI=1S/C27H29N3O5/c1-2-34-22-14-11-18-6-3-4-7-21(18)24(22)27(33)30-20-12-9-19(10-13-20)25(31)28-15-16-29-26(32)23-8-5-17-35-23/h3-4,6-7,9-14,23H,2,5,8,15-17H2,1H3,(H,28,31)(H,29,32)(H,30,33). The van der Waals surface area contributed by atoms with Crippen molar-refractivity contribution in [2.24, 2.45) is 0 Å². The SMILES string of the molecule is CCOc1ccc2ccccc2c1C(=O)Nc1ccc(C(=O)NCCNC(=O)C2CCCO2)cc1. The first-order chi connectivity index (χ1) is 17.1. The minimum absolute atomic E-state index is 0.143. The molecule has 0 radical (unpaired) electrons. The third kappa shape index (κ3) is 5.96.